The maximum absolute atomic E-state index is 11.8. The number of carbonyl (C=O) groups is 1. The van der Waals surface area contributed by atoms with Crippen LogP contribution in [0.1, 0.15) is 34.8 Å². The van der Waals surface area contributed by atoms with Gasteiger partial charge in [0.05, 0.1) is 12.5 Å². The summed E-state index contributed by atoms with van der Waals surface area (Å²) in [6.45, 7) is 5.74. The highest BCUT2D eigenvalue weighted by atomic mass is 16.1. The van der Waals surface area contributed by atoms with Gasteiger partial charge >= 0.3 is 0 Å². The van der Waals surface area contributed by atoms with Crippen molar-refractivity contribution < 1.29 is 4.79 Å². The fraction of sp³-hybridized carbons (Fsp3) is 0.385. The Morgan fingerprint density at radius 1 is 1.38 bits per heavy atom. The number of hydrogen-bond donors (Lipinski definition) is 1. The number of hydrogen-bond acceptors (Lipinski definition) is 2. The molecule has 0 fully saturated rings. The van der Waals surface area contributed by atoms with E-state index in [1.165, 1.54) is 0 Å². The minimum Gasteiger partial charge on any atom is -0.349 e. The van der Waals surface area contributed by atoms with Gasteiger partial charge in [-0.1, -0.05) is 17.2 Å². The Hall–Kier alpha value is -1.82. The Balaban J connectivity index is 2.77. The van der Waals surface area contributed by atoms with Gasteiger partial charge in [0.1, 0.15) is 0 Å². The van der Waals surface area contributed by atoms with Crippen LogP contribution in [0.2, 0.25) is 0 Å². The average molecular weight is 216 g/mol. The van der Waals surface area contributed by atoms with E-state index in [4.69, 9.17) is 5.26 Å². The summed E-state index contributed by atoms with van der Waals surface area (Å²) in [5.41, 5.74) is 2.79. The molecule has 1 unspecified atom stereocenters. The van der Waals surface area contributed by atoms with E-state index in [1.807, 2.05) is 45.0 Å². The van der Waals surface area contributed by atoms with Crippen molar-refractivity contribution in [1.29, 1.82) is 5.26 Å². The molecule has 0 bridgehead atoms. The third-order valence-electron chi connectivity index (χ3n) is 2.26. The fourth-order valence-electron chi connectivity index (χ4n) is 1.60. The van der Waals surface area contributed by atoms with Crippen LogP contribution in [0.3, 0.4) is 0 Å². The highest BCUT2D eigenvalue weighted by molar-refractivity contribution is 5.94. The van der Waals surface area contributed by atoms with Crippen molar-refractivity contribution in [3.8, 4) is 6.07 Å². The summed E-state index contributed by atoms with van der Waals surface area (Å²) < 4.78 is 0. The summed E-state index contributed by atoms with van der Waals surface area (Å²) in [4.78, 5) is 11.8. The summed E-state index contributed by atoms with van der Waals surface area (Å²) in [5.74, 6) is -0.116. The third-order valence-corrected chi connectivity index (χ3v) is 2.26. The first kappa shape index (κ1) is 12.3. The smallest absolute Gasteiger partial charge is 0.251 e. The monoisotopic (exact) mass is 216 g/mol. The summed E-state index contributed by atoms with van der Waals surface area (Å²) in [6, 6.07) is 7.64. The first-order valence-electron chi connectivity index (χ1n) is 5.29. The lowest BCUT2D eigenvalue weighted by molar-refractivity contribution is 0.0940. The van der Waals surface area contributed by atoms with E-state index in [2.05, 4.69) is 5.32 Å². The summed E-state index contributed by atoms with van der Waals surface area (Å²) in [6.07, 6.45) is 0.330. The number of carbonyl (C=O) groups excluding carboxylic acids is 1. The van der Waals surface area contributed by atoms with Crippen molar-refractivity contribution in [3.63, 3.8) is 0 Å². The van der Waals surface area contributed by atoms with E-state index < -0.39 is 0 Å². The molecule has 0 aliphatic carbocycles. The molecule has 0 aliphatic rings. The molecule has 0 radical (unpaired) electrons. The van der Waals surface area contributed by atoms with Crippen molar-refractivity contribution in [3.05, 3.63) is 34.9 Å². The van der Waals surface area contributed by atoms with E-state index in [0.717, 1.165) is 11.1 Å². The Labute approximate surface area is 96.1 Å². The molecule has 3 heteroatoms. The van der Waals surface area contributed by atoms with Crippen LogP contribution in [0.5, 0.6) is 0 Å². The molecule has 16 heavy (non-hydrogen) atoms. The zero-order chi connectivity index (χ0) is 12.1. The van der Waals surface area contributed by atoms with E-state index in [0.29, 0.717) is 12.0 Å². The van der Waals surface area contributed by atoms with Gasteiger partial charge in [0.15, 0.2) is 0 Å². The standard InChI is InChI=1S/C13H16N2O/c1-9-6-10(2)8-12(7-9)13(16)15-11(3)4-5-14/h6-8,11H,4H2,1-3H3,(H,15,16). The van der Waals surface area contributed by atoms with Gasteiger partial charge in [0.2, 0.25) is 0 Å². The zero-order valence-electron chi connectivity index (χ0n) is 9.87. The van der Waals surface area contributed by atoms with Gasteiger partial charge in [-0.05, 0) is 32.9 Å². The topological polar surface area (TPSA) is 52.9 Å². The molecular weight excluding hydrogens is 200 g/mol. The molecule has 1 amide bonds. The molecule has 84 valence electrons. The number of aryl methyl sites for hydroxylation is 2. The molecular formula is C13H16N2O. The van der Waals surface area contributed by atoms with Crippen LogP contribution in [0, 0.1) is 25.2 Å². The maximum atomic E-state index is 11.8. The van der Waals surface area contributed by atoms with Gasteiger partial charge < -0.3 is 5.32 Å². The molecule has 1 atom stereocenters. The second kappa shape index (κ2) is 5.32. The minimum atomic E-state index is -0.116. The molecule has 3 nitrogen and oxygen atoms in total. The molecule has 0 spiro atoms. The highest BCUT2D eigenvalue weighted by Gasteiger charge is 2.09. The molecule has 0 heterocycles. The van der Waals surface area contributed by atoms with Crippen molar-refractivity contribution in [2.75, 3.05) is 0 Å². The molecule has 1 aromatic rings. The molecule has 0 saturated heterocycles. The first-order valence-corrected chi connectivity index (χ1v) is 5.29. The molecule has 1 N–H and O–H groups in total. The normalized spacial score (nSPS) is 11.6. The first-order chi connectivity index (χ1) is 7.52. The quantitative estimate of drug-likeness (QED) is 0.843. The number of amides is 1. The molecule has 0 saturated carbocycles. The van der Waals surface area contributed by atoms with Crippen LogP contribution in [0.15, 0.2) is 18.2 Å². The van der Waals surface area contributed by atoms with Crippen LogP contribution >= 0.6 is 0 Å². The lowest BCUT2D eigenvalue weighted by Gasteiger charge is -2.11. The number of nitrogens with zero attached hydrogens (tertiary/aromatic N) is 1. The van der Waals surface area contributed by atoms with Crippen LogP contribution in [0.25, 0.3) is 0 Å². The second-order valence-electron chi connectivity index (χ2n) is 4.11. The van der Waals surface area contributed by atoms with Gasteiger partial charge in [-0.3, -0.25) is 4.79 Å². The van der Waals surface area contributed by atoms with Crippen molar-refractivity contribution in [1.82, 2.24) is 5.32 Å². The largest absolute Gasteiger partial charge is 0.349 e. The Bertz CT molecular complexity index is 412. The van der Waals surface area contributed by atoms with E-state index in [1.54, 1.807) is 0 Å². The summed E-state index contributed by atoms with van der Waals surface area (Å²) >= 11 is 0. The number of nitriles is 1. The molecule has 0 aromatic heterocycles. The predicted molar refractivity (Wildman–Crippen MR) is 63.1 cm³/mol. The summed E-state index contributed by atoms with van der Waals surface area (Å²) in [5, 5.41) is 11.3. The van der Waals surface area contributed by atoms with E-state index in [-0.39, 0.29) is 11.9 Å². The van der Waals surface area contributed by atoms with Crippen LogP contribution in [0.4, 0.5) is 0 Å². The number of nitrogens with one attached hydrogen (secondary N) is 1. The van der Waals surface area contributed by atoms with Gasteiger partial charge in [-0.2, -0.15) is 5.26 Å². The lowest BCUT2D eigenvalue weighted by Crippen LogP contribution is -2.32. The van der Waals surface area contributed by atoms with Gasteiger partial charge in [-0.15, -0.1) is 0 Å². The Morgan fingerprint density at radius 2 is 1.94 bits per heavy atom. The Kier molecular flexibility index (Phi) is 4.07. The number of rotatable bonds is 3. The summed E-state index contributed by atoms with van der Waals surface area (Å²) in [7, 11) is 0. The van der Waals surface area contributed by atoms with Crippen LogP contribution in [-0.4, -0.2) is 11.9 Å². The number of benzene rings is 1. The van der Waals surface area contributed by atoms with Gasteiger partial charge in [-0.25, -0.2) is 0 Å². The van der Waals surface area contributed by atoms with E-state index in [9.17, 15) is 4.79 Å². The predicted octanol–water partition coefficient (Wildman–Crippen LogP) is 2.34. The van der Waals surface area contributed by atoms with Crippen molar-refractivity contribution >= 4 is 5.91 Å². The van der Waals surface area contributed by atoms with Crippen LogP contribution in [-0.2, 0) is 0 Å². The minimum absolute atomic E-state index is 0.113. The van der Waals surface area contributed by atoms with Crippen molar-refractivity contribution in [2.45, 2.75) is 33.2 Å². The maximum Gasteiger partial charge on any atom is 0.251 e. The molecule has 1 aromatic carbocycles. The highest BCUT2D eigenvalue weighted by Crippen LogP contribution is 2.09. The van der Waals surface area contributed by atoms with E-state index >= 15 is 0 Å². The SMILES string of the molecule is Cc1cc(C)cc(C(=O)NC(C)CC#N)c1. The van der Waals surface area contributed by atoms with Crippen LogP contribution < -0.4 is 5.32 Å². The fourth-order valence-corrected chi connectivity index (χ4v) is 1.60. The Morgan fingerprint density at radius 3 is 2.44 bits per heavy atom. The second-order valence-corrected chi connectivity index (χ2v) is 4.11. The molecule has 0 aliphatic heterocycles. The average Bonchev–Trinajstić information content (AvgIpc) is 2.16. The lowest BCUT2D eigenvalue weighted by atomic mass is 10.1. The molecule has 1 rings (SSSR count). The van der Waals surface area contributed by atoms with Gasteiger partial charge in [0.25, 0.3) is 5.91 Å². The third kappa shape index (κ3) is 3.39. The van der Waals surface area contributed by atoms with Gasteiger partial charge in [0, 0.05) is 11.6 Å². The van der Waals surface area contributed by atoms with Crippen molar-refractivity contribution in [2.24, 2.45) is 0 Å². The zero-order valence-corrected chi connectivity index (χ0v) is 9.87.